The second-order valence-electron chi connectivity index (χ2n) is 6.35. The number of esters is 1. The van der Waals surface area contributed by atoms with Crippen LogP contribution < -0.4 is 10.6 Å². The van der Waals surface area contributed by atoms with Gasteiger partial charge in [-0.05, 0) is 49.7 Å². The molecule has 0 radical (unpaired) electrons. The highest BCUT2D eigenvalue weighted by Gasteiger charge is 2.10. The highest BCUT2D eigenvalue weighted by Crippen LogP contribution is 2.24. The molecule has 0 aliphatic carbocycles. The highest BCUT2D eigenvalue weighted by atomic mass is 16.5. The number of methoxy groups -OCH3 is 1. The van der Waals surface area contributed by atoms with Crippen molar-refractivity contribution in [3.05, 3.63) is 60.4 Å². The molecule has 3 aromatic rings. The summed E-state index contributed by atoms with van der Waals surface area (Å²) in [4.78, 5) is 24.9. The van der Waals surface area contributed by atoms with Gasteiger partial charge in [0.1, 0.15) is 5.82 Å². The average Bonchev–Trinajstić information content (AvgIpc) is 2.74. The summed E-state index contributed by atoms with van der Waals surface area (Å²) in [6, 6.07) is 13.0. The van der Waals surface area contributed by atoms with Crippen molar-refractivity contribution in [3.63, 3.8) is 0 Å². The number of ether oxygens (including phenoxy) is 1. The minimum Gasteiger partial charge on any atom is -0.465 e. The van der Waals surface area contributed by atoms with E-state index in [1.165, 1.54) is 7.11 Å². The Hall–Kier alpha value is -3.48. The lowest BCUT2D eigenvalue weighted by atomic mass is 10.2. The number of aromatic nitrogens is 3. The molecule has 28 heavy (non-hydrogen) atoms. The number of hydrogen-bond donors (Lipinski definition) is 2. The van der Waals surface area contributed by atoms with Crippen LogP contribution in [0.5, 0.6) is 0 Å². The van der Waals surface area contributed by atoms with Crippen LogP contribution in [-0.4, -0.2) is 34.1 Å². The number of nitrogens with zero attached hydrogens (tertiary/aromatic N) is 3. The van der Waals surface area contributed by atoms with Gasteiger partial charge in [-0.1, -0.05) is 6.92 Å². The van der Waals surface area contributed by atoms with Crippen LogP contribution in [0.4, 0.5) is 17.5 Å². The van der Waals surface area contributed by atoms with Crippen LogP contribution in [0.2, 0.25) is 0 Å². The standard InChI is InChI=1S/C21H23N5O2/c1-4-14(2)23-21-25-18(16-6-5-11-22-13-16)12-19(26-21)24-17-9-7-15(8-10-17)20(27)28-3/h5-14H,4H2,1-3H3,(H2,23,24,25,26)/t14-/m0/s1. The molecule has 1 atom stereocenters. The fourth-order valence-corrected chi connectivity index (χ4v) is 2.52. The summed E-state index contributed by atoms with van der Waals surface area (Å²) in [5, 5.41) is 6.58. The Balaban J connectivity index is 1.90. The Labute approximate surface area is 164 Å². The third-order valence-electron chi connectivity index (χ3n) is 4.25. The zero-order valence-corrected chi connectivity index (χ0v) is 16.1. The summed E-state index contributed by atoms with van der Waals surface area (Å²) in [5.74, 6) is 0.822. The van der Waals surface area contributed by atoms with Gasteiger partial charge in [-0.15, -0.1) is 0 Å². The lowest BCUT2D eigenvalue weighted by Crippen LogP contribution is -2.16. The first-order valence-corrected chi connectivity index (χ1v) is 9.10. The van der Waals surface area contributed by atoms with Crippen molar-refractivity contribution >= 4 is 23.4 Å². The molecule has 0 unspecified atom stereocenters. The van der Waals surface area contributed by atoms with Gasteiger partial charge < -0.3 is 15.4 Å². The lowest BCUT2D eigenvalue weighted by molar-refractivity contribution is 0.0601. The number of hydrogen-bond acceptors (Lipinski definition) is 7. The van der Waals surface area contributed by atoms with Crippen LogP contribution in [0.3, 0.4) is 0 Å². The maximum Gasteiger partial charge on any atom is 0.337 e. The Morgan fingerprint density at radius 3 is 2.61 bits per heavy atom. The third kappa shape index (κ3) is 4.82. The summed E-state index contributed by atoms with van der Waals surface area (Å²) in [7, 11) is 1.36. The van der Waals surface area contributed by atoms with Gasteiger partial charge in [-0.3, -0.25) is 4.98 Å². The highest BCUT2D eigenvalue weighted by molar-refractivity contribution is 5.89. The molecule has 7 nitrogen and oxygen atoms in total. The minimum atomic E-state index is -0.368. The number of pyridine rings is 1. The van der Waals surface area contributed by atoms with Crippen molar-refractivity contribution in [1.29, 1.82) is 0 Å². The van der Waals surface area contributed by atoms with Crippen molar-refractivity contribution in [3.8, 4) is 11.3 Å². The van der Waals surface area contributed by atoms with E-state index in [2.05, 4.69) is 39.4 Å². The molecule has 0 fully saturated rings. The molecule has 0 amide bonds. The van der Waals surface area contributed by atoms with Crippen LogP contribution >= 0.6 is 0 Å². The smallest absolute Gasteiger partial charge is 0.337 e. The molecule has 2 heterocycles. The van der Waals surface area contributed by atoms with Crippen molar-refractivity contribution in [2.24, 2.45) is 0 Å². The molecule has 2 N–H and O–H groups in total. The summed E-state index contributed by atoms with van der Waals surface area (Å²) >= 11 is 0. The van der Waals surface area contributed by atoms with E-state index in [0.717, 1.165) is 23.4 Å². The topological polar surface area (TPSA) is 89.0 Å². The van der Waals surface area contributed by atoms with Crippen molar-refractivity contribution in [2.75, 3.05) is 17.7 Å². The van der Waals surface area contributed by atoms with E-state index in [1.807, 2.05) is 18.2 Å². The molecule has 0 bridgehead atoms. The van der Waals surface area contributed by atoms with E-state index in [0.29, 0.717) is 17.3 Å². The summed E-state index contributed by atoms with van der Waals surface area (Å²) < 4.78 is 4.73. The van der Waals surface area contributed by atoms with Gasteiger partial charge >= 0.3 is 5.97 Å². The van der Waals surface area contributed by atoms with E-state index < -0.39 is 0 Å². The Morgan fingerprint density at radius 2 is 1.96 bits per heavy atom. The minimum absolute atomic E-state index is 0.247. The fraction of sp³-hybridized carbons (Fsp3) is 0.238. The Morgan fingerprint density at radius 1 is 1.18 bits per heavy atom. The first kappa shape index (κ1) is 19.3. The number of carbonyl (C=O) groups is 1. The van der Waals surface area contributed by atoms with Gasteiger partial charge in [-0.25, -0.2) is 9.78 Å². The molecule has 2 aromatic heterocycles. The molecule has 7 heteroatoms. The molecule has 0 spiro atoms. The lowest BCUT2D eigenvalue weighted by Gasteiger charge is -2.14. The molecule has 144 valence electrons. The molecule has 1 aromatic carbocycles. The number of anilines is 3. The van der Waals surface area contributed by atoms with E-state index in [1.54, 1.807) is 36.7 Å². The van der Waals surface area contributed by atoms with E-state index in [-0.39, 0.29) is 12.0 Å². The van der Waals surface area contributed by atoms with Gasteiger partial charge in [-0.2, -0.15) is 4.98 Å². The van der Waals surface area contributed by atoms with Gasteiger partial charge in [0.2, 0.25) is 5.95 Å². The number of benzene rings is 1. The number of rotatable bonds is 7. The summed E-state index contributed by atoms with van der Waals surface area (Å²) in [6.45, 7) is 4.18. The predicted octanol–water partition coefficient (Wildman–Crippen LogP) is 4.28. The number of nitrogens with one attached hydrogen (secondary N) is 2. The van der Waals surface area contributed by atoms with Crippen LogP contribution in [0.25, 0.3) is 11.3 Å². The summed E-state index contributed by atoms with van der Waals surface area (Å²) in [5.41, 5.74) is 2.97. The Bertz CT molecular complexity index is 929. The largest absolute Gasteiger partial charge is 0.465 e. The van der Waals surface area contributed by atoms with Gasteiger partial charge in [0.25, 0.3) is 0 Å². The second kappa shape index (κ2) is 8.94. The van der Waals surface area contributed by atoms with Crippen molar-refractivity contribution in [2.45, 2.75) is 26.3 Å². The first-order chi connectivity index (χ1) is 13.6. The quantitative estimate of drug-likeness (QED) is 0.594. The van der Waals surface area contributed by atoms with Crippen LogP contribution in [0.1, 0.15) is 30.6 Å². The van der Waals surface area contributed by atoms with Gasteiger partial charge in [0, 0.05) is 35.8 Å². The molecule has 0 saturated heterocycles. The zero-order chi connectivity index (χ0) is 19.9. The molecule has 0 aliphatic heterocycles. The van der Waals surface area contributed by atoms with E-state index in [9.17, 15) is 4.79 Å². The first-order valence-electron chi connectivity index (χ1n) is 9.10. The van der Waals surface area contributed by atoms with Crippen LogP contribution in [-0.2, 0) is 4.74 Å². The SMILES string of the molecule is CC[C@H](C)Nc1nc(Nc2ccc(C(=O)OC)cc2)cc(-c2cccnc2)n1. The zero-order valence-electron chi connectivity index (χ0n) is 16.1. The van der Waals surface area contributed by atoms with Crippen LogP contribution in [0.15, 0.2) is 54.9 Å². The normalized spacial score (nSPS) is 11.5. The molecule has 0 aliphatic rings. The average molecular weight is 377 g/mol. The molecule has 0 saturated carbocycles. The maximum absolute atomic E-state index is 11.6. The number of carbonyl (C=O) groups excluding carboxylic acids is 1. The van der Waals surface area contributed by atoms with E-state index in [4.69, 9.17) is 4.74 Å². The van der Waals surface area contributed by atoms with E-state index >= 15 is 0 Å². The molecule has 3 rings (SSSR count). The van der Waals surface area contributed by atoms with Crippen molar-refractivity contribution < 1.29 is 9.53 Å². The fourth-order valence-electron chi connectivity index (χ4n) is 2.52. The molecular weight excluding hydrogens is 354 g/mol. The maximum atomic E-state index is 11.6. The second-order valence-corrected chi connectivity index (χ2v) is 6.35. The predicted molar refractivity (Wildman–Crippen MR) is 110 cm³/mol. The molecular formula is C21H23N5O2. The summed E-state index contributed by atoms with van der Waals surface area (Å²) in [6.07, 6.45) is 4.45. The van der Waals surface area contributed by atoms with Gasteiger partial charge in [0.05, 0.1) is 18.4 Å². The Kier molecular flexibility index (Phi) is 6.16. The van der Waals surface area contributed by atoms with Gasteiger partial charge in [0.15, 0.2) is 0 Å². The van der Waals surface area contributed by atoms with Crippen molar-refractivity contribution in [1.82, 2.24) is 15.0 Å². The monoisotopic (exact) mass is 377 g/mol. The third-order valence-corrected chi connectivity index (χ3v) is 4.25. The van der Waals surface area contributed by atoms with Crippen LogP contribution in [0, 0.1) is 0 Å².